The van der Waals surface area contributed by atoms with Crippen LogP contribution in [0.15, 0.2) is 65.4 Å². The molecule has 2 aromatic carbocycles. The molecule has 0 atom stereocenters. The van der Waals surface area contributed by atoms with Crippen molar-refractivity contribution in [3.63, 3.8) is 0 Å². The first-order valence-electron chi connectivity index (χ1n) is 9.72. The van der Waals surface area contributed by atoms with Crippen molar-refractivity contribution in [2.75, 3.05) is 11.9 Å². The number of aromatic hydroxyl groups is 1. The predicted molar refractivity (Wildman–Crippen MR) is 114 cm³/mol. The van der Waals surface area contributed by atoms with Gasteiger partial charge in [-0.25, -0.2) is 5.01 Å². The van der Waals surface area contributed by atoms with Gasteiger partial charge < -0.3 is 15.2 Å². The Bertz CT molecular complexity index is 936. The number of hydrogen-bond acceptors (Lipinski definition) is 5. The second-order valence-corrected chi connectivity index (χ2v) is 6.92. The third-order valence-electron chi connectivity index (χ3n) is 4.83. The lowest BCUT2D eigenvalue weighted by molar-refractivity contribution is -0.126. The van der Waals surface area contributed by atoms with Crippen molar-refractivity contribution in [3.05, 3.63) is 71.4 Å². The maximum atomic E-state index is 12.5. The van der Waals surface area contributed by atoms with Crippen molar-refractivity contribution < 1.29 is 14.7 Å². The van der Waals surface area contributed by atoms with Gasteiger partial charge in [0.25, 0.3) is 5.91 Å². The molecule has 0 unspecified atom stereocenters. The number of benzene rings is 2. The van der Waals surface area contributed by atoms with Crippen molar-refractivity contribution in [2.45, 2.75) is 32.6 Å². The van der Waals surface area contributed by atoms with Gasteiger partial charge in [-0.2, -0.15) is 5.10 Å². The van der Waals surface area contributed by atoms with Gasteiger partial charge in [-0.05, 0) is 43.4 Å². The molecule has 29 heavy (non-hydrogen) atoms. The highest BCUT2D eigenvalue weighted by Crippen LogP contribution is 2.29. The fourth-order valence-corrected chi connectivity index (χ4v) is 3.20. The van der Waals surface area contributed by atoms with E-state index in [1.165, 1.54) is 10.6 Å². The number of phenolic OH excluding ortho intramolecular Hbond substituents is 1. The third-order valence-corrected chi connectivity index (χ3v) is 4.83. The van der Waals surface area contributed by atoms with Crippen LogP contribution >= 0.6 is 0 Å². The molecule has 0 bridgehead atoms. The Morgan fingerprint density at radius 2 is 1.90 bits per heavy atom. The number of rotatable bonds is 9. The highest BCUT2D eigenvalue weighted by Gasteiger charge is 2.27. The first kappa shape index (κ1) is 20.3. The molecule has 0 aliphatic carbocycles. The summed E-state index contributed by atoms with van der Waals surface area (Å²) in [6.45, 7) is 2.17. The van der Waals surface area contributed by atoms with Crippen molar-refractivity contribution in [1.29, 1.82) is 0 Å². The molecule has 2 aromatic rings. The number of anilines is 1. The Labute approximate surface area is 170 Å². The number of phenols is 1. The van der Waals surface area contributed by atoms with Crippen LogP contribution < -0.4 is 5.32 Å². The van der Waals surface area contributed by atoms with Crippen LogP contribution in [-0.2, 0) is 22.4 Å². The van der Waals surface area contributed by atoms with Crippen molar-refractivity contribution in [2.24, 2.45) is 5.10 Å². The van der Waals surface area contributed by atoms with Crippen molar-refractivity contribution in [1.82, 2.24) is 5.01 Å². The van der Waals surface area contributed by atoms with Gasteiger partial charge in [0.1, 0.15) is 12.0 Å². The fourth-order valence-electron chi connectivity index (χ4n) is 3.20. The molecule has 0 radical (unpaired) electrons. The van der Waals surface area contributed by atoms with Gasteiger partial charge in [0.15, 0.2) is 0 Å². The summed E-state index contributed by atoms with van der Waals surface area (Å²) < 4.78 is 0. The Balaban J connectivity index is 1.66. The number of carbonyl (C=O) groups is 2. The van der Waals surface area contributed by atoms with Crippen LogP contribution in [0.5, 0.6) is 5.75 Å². The quantitative estimate of drug-likeness (QED) is 0.296. The van der Waals surface area contributed by atoms with Crippen LogP contribution in [0, 0.1) is 0 Å². The molecule has 6 heteroatoms. The van der Waals surface area contributed by atoms with Gasteiger partial charge in [-0.1, -0.05) is 42.5 Å². The molecule has 1 amide bonds. The van der Waals surface area contributed by atoms with Gasteiger partial charge in [-0.15, -0.1) is 0 Å². The first-order valence-corrected chi connectivity index (χ1v) is 9.72. The SMILES string of the molecule is CC1=NN(CCCC=O)C(=O)/C1=C/Nc1cccc(CCc2ccccc2)c1O. The number of nitrogens with zero attached hydrogens (tertiary/aromatic N) is 2. The van der Waals surface area contributed by atoms with E-state index in [0.717, 1.165) is 18.3 Å². The number of amides is 1. The number of carbonyl (C=O) groups excluding carboxylic acids is 2. The van der Waals surface area contributed by atoms with Gasteiger partial charge in [0, 0.05) is 19.2 Å². The number of aldehydes is 1. The Hall–Kier alpha value is -3.41. The normalized spacial score (nSPS) is 14.9. The maximum Gasteiger partial charge on any atom is 0.277 e. The Morgan fingerprint density at radius 1 is 1.10 bits per heavy atom. The number of nitrogens with one attached hydrogen (secondary N) is 1. The average molecular weight is 391 g/mol. The number of hydrogen-bond donors (Lipinski definition) is 2. The van der Waals surface area contributed by atoms with Crippen LogP contribution in [0.4, 0.5) is 5.69 Å². The lowest BCUT2D eigenvalue weighted by Gasteiger charge is -2.11. The highest BCUT2D eigenvalue weighted by atomic mass is 16.3. The van der Waals surface area contributed by atoms with Gasteiger partial charge in [0.05, 0.1) is 17.0 Å². The van der Waals surface area contributed by atoms with Crippen molar-refractivity contribution >= 4 is 23.6 Å². The minimum Gasteiger partial charge on any atom is -0.505 e. The van der Waals surface area contributed by atoms with Crippen molar-refractivity contribution in [3.8, 4) is 5.75 Å². The van der Waals surface area contributed by atoms with Crippen LogP contribution in [0.25, 0.3) is 0 Å². The number of para-hydroxylation sites is 1. The molecule has 0 aromatic heterocycles. The van der Waals surface area contributed by atoms with Crippen LogP contribution in [0.1, 0.15) is 30.9 Å². The van der Waals surface area contributed by atoms with E-state index in [1.54, 1.807) is 19.2 Å². The maximum absolute atomic E-state index is 12.5. The molecule has 6 nitrogen and oxygen atoms in total. The zero-order valence-electron chi connectivity index (χ0n) is 16.5. The molecular weight excluding hydrogens is 366 g/mol. The average Bonchev–Trinajstić information content (AvgIpc) is 3.00. The Kier molecular flexibility index (Phi) is 6.79. The highest BCUT2D eigenvalue weighted by molar-refractivity contribution is 6.23. The van der Waals surface area contributed by atoms with Crippen LogP contribution in [0.3, 0.4) is 0 Å². The summed E-state index contributed by atoms with van der Waals surface area (Å²) in [6.07, 6.45) is 4.95. The lowest BCUT2D eigenvalue weighted by atomic mass is 10.0. The summed E-state index contributed by atoms with van der Waals surface area (Å²) in [6, 6.07) is 15.7. The van der Waals surface area contributed by atoms with E-state index in [-0.39, 0.29) is 11.7 Å². The molecule has 1 aliphatic rings. The summed E-state index contributed by atoms with van der Waals surface area (Å²) >= 11 is 0. The van der Waals surface area contributed by atoms with Gasteiger partial charge >= 0.3 is 0 Å². The zero-order chi connectivity index (χ0) is 20.6. The van der Waals surface area contributed by atoms with E-state index < -0.39 is 0 Å². The third kappa shape index (κ3) is 5.10. The molecular formula is C23H25N3O3. The molecule has 0 spiro atoms. The molecule has 0 saturated carbocycles. The second-order valence-electron chi connectivity index (χ2n) is 6.92. The molecule has 3 rings (SSSR count). The van der Waals surface area contributed by atoms with E-state index in [1.807, 2.05) is 30.3 Å². The van der Waals surface area contributed by atoms with Crippen LogP contribution in [-0.4, -0.2) is 34.6 Å². The standard InChI is InChI=1S/C23H25N3O3/c1-17-20(23(29)26(25-17)14-5-6-15-27)16-24-21-11-7-10-19(22(21)28)13-12-18-8-3-2-4-9-18/h2-4,7-11,15-16,24,28H,5-6,12-14H2,1H3/b20-16+. The number of aryl methyl sites for hydroxylation is 2. The monoisotopic (exact) mass is 391 g/mol. The van der Waals surface area contributed by atoms with E-state index in [0.29, 0.717) is 42.8 Å². The topological polar surface area (TPSA) is 82.0 Å². The molecule has 0 fully saturated rings. The molecule has 150 valence electrons. The largest absolute Gasteiger partial charge is 0.505 e. The Morgan fingerprint density at radius 3 is 2.66 bits per heavy atom. The zero-order valence-corrected chi connectivity index (χ0v) is 16.5. The summed E-state index contributed by atoms with van der Waals surface area (Å²) in [7, 11) is 0. The van der Waals surface area contributed by atoms with Gasteiger partial charge in [0.2, 0.25) is 0 Å². The number of unbranched alkanes of at least 4 members (excludes halogenated alkanes) is 1. The van der Waals surface area contributed by atoms with Crippen LogP contribution in [0.2, 0.25) is 0 Å². The number of hydrazone groups is 1. The summed E-state index contributed by atoms with van der Waals surface area (Å²) in [5.74, 6) is -0.0243. The van der Waals surface area contributed by atoms with E-state index in [2.05, 4.69) is 22.6 Å². The minimum atomic E-state index is -0.208. The fraction of sp³-hybridized carbons (Fsp3) is 0.261. The van der Waals surface area contributed by atoms with Gasteiger partial charge in [-0.3, -0.25) is 4.79 Å². The molecule has 1 aliphatic heterocycles. The molecule has 2 N–H and O–H groups in total. The first-order chi connectivity index (χ1) is 14.1. The molecule has 0 saturated heterocycles. The predicted octanol–water partition coefficient (Wildman–Crippen LogP) is 3.67. The van der Waals surface area contributed by atoms with E-state index >= 15 is 0 Å². The molecule has 1 heterocycles. The summed E-state index contributed by atoms with van der Waals surface area (Å²) in [5, 5.41) is 19.3. The summed E-state index contributed by atoms with van der Waals surface area (Å²) in [4.78, 5) is 22.9. The second kappa shape index (κ2) is 9.68. The lowest BCUT2D eigenvalue weighted by Crippen LogP contribution is -2.23. The van der Waals surface area contributed by atoms with E-state index in [4.69, 9.17) is 0 Å². The minimum absolute atomic E-state index is 0.183. The smallest absolute Gasteiger partial charge is 0.277 e. The van der Waals surface area contributed by atoms with E-state index in [9.17, 15) is 14.7 Å². The summed E-state index contributed by atoms with van der Waals surface area (Å²) in [5.41, 5.74) is 3.66.